The monoisotopic (exact) mass is 241 g/mol. The predicted molar refractivity (Wildman–Crippen MR) is 63.3 cm³/mol. The van der Waals surface area contributed by atoms with Crippen molar-refractivity contribution in [3.8, 4) is 0 Å². The van der Waals surface area contributed by atoms with Crippen LogP contribution in [-0.4, -0.2) is 38.9 Å². The maximum atomic E-state index is 11.1. The summed E-state index contributed by atoms with van der Waals surface area (Å²) in [5.41, 5.74) is 1.12. The van der Waals surface area contributed by atoms with E-state index >= 15 is 0 Å². The Morgan fingerprint density at radius 2 is 1.56 bits per heavy atom. The first-order valence-corrected chi connectivity index (χ1v) is 6.65. The standard InChI is InChI=1S/C10H15N3O2S/c11-16(14,15)13-8-6-12(7-9-13)10-4-2-1-3-5-10/h1-5H,6-9H2,(H2,11,14,15). The largest absolute Gasteiger partial charge is 0.369 e. The molecule has 1 aromatic rings. The van der Waals surface area contributed by atoms with Gasteiger partial charge in [-0.15, -0.1) is 0 Å². The lowest BCUT2D eigenvalue weighted by Gasteiger charge is -2.34. The topological polar surface area (TPSA) is 66.6 Å². The van der Waals surface area contributed by atoms with Gasteiger partial charge in [0.05, 0.1) is 0 Å². The van der Waals surface area contributed by atoms with E-state index in [-0.39, 0.29) is 0 Å². The first-order chi connectivity index (χ1) is 7.57. The van der Waals surface area contributed by atoms with Gasteiger partial charge in [0, 0.05) is 31.9 Å². The lowest BCUT2D eigenvalue weighted by molar-refractivity contribution is 0.385. The Kier molecular flexibility index (Phi) is 3.13. The molecule has 2 N–H and O–H groups in total. The summed E-state index contributed by atoms with van der Waals surface area (Å²) in [6.45, 7) is 2.27. The molecule has 0 saturated carbocycles. The summed E-state index contributed by atoms with van der Waals surface area (Å²) in [5.74, 6) is 0. The molecule has 5 nitrogen and oxygen atoms in total. The van der Waals surface area contributed by atoms with Crippen LogP contribution >= 0.6 is 0 Å². The molecule has 1 fully saturated rings. The third-order valence-corrected chi connectivity index (χ3v) is 3.80. The number of hydrogen-bond acceptors (Lipinski definition) is 3. The van der Waals surface area contributed by atoms with Crippen LogP contribution in [0.5, 0.6) is 0 Å². The predicted octanol–water partition coefficient (Wildman–Crippen LogP) is 0.0121. The molecular weight excluding hydrogens is 226 g/mol. The highest BCUT2D eigenvalue weighted by atomic mass is 32.2. The molecule has 0 radical (unpaired) electrons. The zero-order valence-corrected chi connectivity index (χ0v) is 9.73. The van der Waals surface area contributed by atoms with Crippen molar-refractivity contribution in [2.45, 2.75) is 0 Å². The summed E-state index contributed by atoms with van der Waals surface area (Å²) in [6.07, 6.45) is 0. The normalized spacial score (nSPS) is 18.7. The fourth-order valence-corrected chi connectivity index (χ4v) is 2.51. The minimum absolute atomic E-state index is 0.452. The summed E-state index contributed by atoms with van der Waals surface area (Å²) in [4.78, 5) is 2.15. The fourth-order valence-electron chi connectivity index (χ4n) is 1.84. The summed E-state index contributed by atoms with van der Waals surface area (Å²) < 4.78 is 23.5. The highest BCUT2D eigenvalue weighted by Gasteiger charge is 2.23. The van der Waals surface area contributed by atoms with Crippen LogP contribution in [0.2, 0.25) is 0 Å². The Bertz CT molecular complexity index is 438. The van der Waals surface area contributed by atoms with Gasteiger partial charge in [-0.3, -0.25) is 0 Å². The van der Waals surface area contributed by atoms with Gasteiger partial charge in [0.15, 0.2) is 0 Å². The van der Waals surface area contributed by atoms with Crippen LogP contribution in [0, 0.1) is 0 Å². The van der Waals surface area contributed by atoms with Crippen molar-refractivity contribution in [2.75, 3.05) is 31.1 Å². The second-order valence-electron chi connectivity index (χ2n) is 3.77. The van der Waals surface area contributed by atoms with Crippen LogP contribution in [0.15, 0.2) is 30.3 Å². The third-order valence-electron chi connectivity index (χ3n) is 2.72. The van der Waals surface area contributed by atoms with Gasteiger partial charge < -0.3 is 4.90 Å². The highest BCUT2D eigenvalue weighted by Crippen LogP contribution is 2.15. The van der Waals surface area contributed by atoms with E-state index < -0.39 is 10.2 Å². The van der Waals surface area contributed by atoms with Gasteiger partial charge >= 0.3 is 0 Å². The van der Waals surface area contributed by atoms with E-state index in [1.54, 1.807) is 0 Å². The Morgan fingerprint density at radius 3 is 2.06 bits per heavy atom. The molecule has 0 aliphatic carbocycles. The molecule has 0 atom stereocenters. The first kappa shape index (κ1) is 11.4. The van der Waals surface area contributed by atoms with Gasteiger partial charge in [0.2, 0.25) is 0 Å². The molecule has 1 aliphatic heterocycles. The molecule has 2 rings (SSSR count). The highest BCUT2D eigenvalue weighted by molar-refractivity contribution is 7.86. The van der Waals surface area contributed by atoms with Crippen molar-refractivity contribution < 1.29 is 8.42 Å². The second-order valence-corrected chi connectivity index (χ2v) is 5.31. The molecule has 88 valence electrons. The third kappa shape index (κ3) is 2.52. The minimum Gasteiger partial charge on any atom is -0.369 e. The minimum atomic E-state index is -3.52. The van der Waals surface area contributed by atoms with Crippen LogP contribution in [0.25, 0.3) is 0 Å². The van der Waals surface area contributed by atoms with Crippen molar-refractivity contribution in [1.82, 2.24) is 4.31 Å². The molecule has 1 aliphatic rings. The van der Waals surface area contributed by atoms with Crippen molar-refractivity contribution in [1.29, 1.82) is 0 Å². The van der Waals surface area contributed by atoms with Gasteiger partial charge in [-0.1, -0.05) is 18.2 Å². The molecule has 16 heavy (non-hydrogen) atoms. The molecule has 0 bridgehead atoms. The molecule has 6 heteroatoms. The molecule has 0 aromatic heterocycles. The average Bonchev–Trinajstić information content (AvgIpc) is 2.29. The zero-order valence-electron chi connectivity index (χ0n) is 8.91. The number of para-hydroxylation sites is 1. The second kappa shape index (κ2) is 4.40. The number of rotatable bonds is 2. The Balaban J connectivity index is 2.01. The number of hydrogen-bond donors (Lipinski definition) is 1. The SMILES string of the molecule is NS(=O)(=O)N1CCN(c2ccccc2)CC1. The van der Waals surface area contributed by atoms with Crippen LogP contribution in [0.1, 0.15) is 0 Å². The van der Waals surface area contributed by atoms with Gasteiger partial charge in [0.25, 0.3) is 10.2 Å². The Labute approximate surface area is 95.6 Å². The first-order valence-electron chi connectivity index (χ1n) is 5.15. The average molecular weight is 241 g/mol. The molecular formula is C10H15N3O2S. The van der Waals surface area contributed by atoms with Gasteiger partial charge in [-0.2, -0.15) is 12.7 Å². The van der Waals surface area contributed by atoms with Gasteiger partial charge in [-0.05, 0) is 12.1 Å². The van der Waals surface area contributed by atoms with Crippen molar-refractivity contribution >= 4 is 15.9 Å². The molecule has 1 saturated heterocycles. The van der Waals surface area contributed by atoms with Gasteiger partial charge in [-0.25, -0.2) is 5.14 Å². The van der Waals surface area contributed by atoms with E-state index in [1.165, 1.54) is 4.31 Å². The smallest absolute Gasteiger partial charge is 0.277 e. The van der Waals surface area contributed by atoms with E-state index in [2.05, 4.69) is 4.90 Å². The summed E-state index contributed by atoms with van der Waals surface area (Å²) in [5, 5.41) is 5.07. The fraction of sp³-hybridized carbons (Fsp3) is 0.400. The Hall–Kier alpha value is -1.11. The lowest BCUT2D eigenvalue weighted by atomic mass is 10.2. The number of nitrogens with two attached hydrogens (primary N) is 1. The summed E-state index contributed by atoms with van der Waals surface area (Å²) in [7, 11) is -3.52. The number of anilines is 1. The molecule has 1 aromatic carbocycles. The molecule has 1 heterocycles. The van der Waals surface area contributed by atoms with Crippen LogP contribution in [-0.2, 0) is 10.2 Å². The summed E-state index contributed by atoms with van der Waals surface area (Å²) in [6, 6.07) is 9.95. The van der Waals surface area contributed by atoms with E-state index in [9.17, 15) is 8.42 Å². The van der Waals surface area contributed by atoms with E-state index in [4.69, 9.17) is 5.14 Å². The van der Waals surface area contributed by atoms with Crippen molar-refractivity contribution in [3.05, 3.63) is 30.3 Å². The van der Waals surface area contributed by atoms with Gasteiger partial charge in [0.1, 0.15) is 0 Å². The molecule has 0 unspecified atom stereocenters. The van der Waals surface area contributed by atoms with Crippen LogP contribution < -0.4 is 10.0 Å². The van der Waals surface area contributed by atoms with Crippen LogP contribution in [0.3, 0.4) is 0 Å². The van der Waals surface area contributed by atoms with Crippen LogP contribution in [0.4, 0.5) is 5.69 Å². The van der Waals surface area contributed by atoms with Crippen molar-refractivity contribution in [3.63, 3.8) is 0 Å². The lowest BCUT2D eigenvalue weighted by Crippen LogP contribution is -2.50. The zero-order chi connectivity index (χ0) is 11.6. The maximum Gasteiger partial charge on any atom is 0.277 e. The summed E-state index contributed by atoms with van der Waals surface area (Å²) >= 11 is 0. The van der Waals surface area contributed by atoms with E-state index in [0.29, 0.717) is 26.2 Å². The number of piperazine rings is 1. The number of nitrogens with zero attached hydrogens (tertiary/aromatic N) is 2. The van der Waals surface area contributed by atoms with Crippen molar-refractivity contribution in [2.24, 2.45) is 5.14 Å². The van der Waals surface area contributed by atoms with E-state index in [1.807, 2.05) is 30.3 Å². The quantitative estimate of drug-likeness (QED) is 0.793. The molecule has 0 amide bonds. The maximum absolute atomic E-state index is 11.1. The van der Waals surface area contributed by atoms with E-state index in [0.717, 1.165) is 5.69 Å². The Morgan fingerprint density at radius 1 is 1.00 bits per heavy atom. The number of benzene rings is 1. The molecule has 0 spiro atoms.